The summed E-state index contributed by atoms with van der Waals surface area (Å²) in [6, 6.07) is 5.42. The Labute approximate surface area is 118 Å². The van der Waals surface area contributed by atoms with Gasteiger partial charge in [0.15, 0.2) is 5.82 Å². The average Bonchev–Trinajstić information content (AvgIpc) is 3.08. The molecule has 1 saturated carbocycles. The van der Waals surface area contributed by atoms with Crippen LogP contribution >= 0.6 is 0 Å². The molecular formula is C15H19N3O2. The molecule has 0 aliphatic heterocycles. The second-order valence-corrected chi connectivity index (χ2v) is 5.53. The molecule has 1 aromatic carbocycles. The van der Waals surface area contributed by atoms with E-state index >= 15 is 0 Å². The minimum atomic E-state index is 0.411. The second kappa shape index (κ2) is 5.15. The third-order valence-electron chi connectivity index (χ3n) is 3.99. The molecule has 2 aromatic rings. The molecule has 0 amide bonds. The zero-order valence-electron chi connectivity index (χ0n) is 11.8. The zero-order chi connectivity index (χ0) is 14.1. The summed E-state index contributed by atoms with van der Waals surface area (Å²) in [6.07, 6.45) is 3.50. The first kappa shape index (κ1) is 13.0. The Morgan fingerprint density at radius 3 is 2.90 bits per heavy atom. The Kier molecular flexibility index (Phi) is 3.34. The third-order valence-corrected chi connectivity index (χ3v) is 3.99. The highest BCUT2D eigenvalue weighted by Crippen LogP contribution is 2.37. The lowest BCUT2D eigenvalue weighted by Crippen LogP contribution is -1.96. The van der Waals surface area contributed by atoms with Gasteiger partial charge in [-0.25, -0.2) is 0 Å². The van der Waals surface area contributed by atoms with Crippen molar-refractivity contribution in [3.05, 3.63) is 24.0 Å². The van der Waals surface area contributed by atoms with Crippen molar-refractivity contribution in [3.63, 3.8) is 0 Å². The van der Waals surface area contributed by atoms with Crippen molar-refractivity contribution in [1.82, 2.24) is 10.1 Å². The maximum Gasteiger partial charge on any atom is 0.260 e. The summed E-state index contributed by atoms with van der Waals surface area (Å²) in [4.78, 5) is 4.52. The fourth-order valence-electron chi connectivity index (χ4n) is 2.80. The van der Waals surface area contributed by atoms with Crippen molar-refractivity contribution in [3.8, 4) is 17.2 Å². The molecule has 0 radical (unpaired) electrons. The molecule has 1 aliphatic rings. The molecule has 20 heavy (non-hydrogen) atoms. The van der Waals surface area contributed by atoms with Gasteiger partial charge in [0, 0.05) is 11.6 Å². The van der Waals surface area contributed by atoms with E-state index in [1.807, 2.05) is 12.1 Å². The van der Waals surface area contributed by atoms with Gasteiger partial charge in [-0.05, 0) is 43.4 Å². The van der Waals surface area contributed by atoms with Crippen molar-refractivity contribution in [1.29, 1.82) is 0 Å². The van der Waals surface area contributed by atoms with E-state index in [9.17, 15) is 0 Å². The first-order chi connectivity index (χ1) is 9.67. The number of nitrogens with two attached hydrogens (primary N) is 1. The number of anilines is 1. The molecule has 1 heterocycles. The highest BCUT2D eigenvalue weighted by Gasteiger charge is 2.27. The number of rotatable bonds is 3. The van der Waals surface area contributed by atoms with Crippen molar-refractivity contribution in [2.24, 2.45) is 5.92 Å². The minimum Gasteiger partial charge on any atom is -0.497 e. The summed E-state index contributed by atoms with van der Waals surface area (Å²) < 4.78 is 10.6. The summed E-state index contributed by atoms with van der Waals surface area (Å²) in [6.45, 7) is 2.26. The lowest BCUT2D eigenvalue weighted by Gasteiger charge is -2.04. The largest absolute Gasteiger partial charge is 0.497 e. The van der Waals surface area contributed by atoms with Crippen LogP contribution in [0.4, 0.5) is 5.69 Å². The van der Waals surface area contributed by atoms with Crippen LogP contribution in [0.2, 0.25) is 0 Å². The normalized spacial score (nSPS) is 22.1. The van der Waals surface area contributed by atoms with Crippen molar-refractivity contribution < 1.29 is 9.26 Å². The molecule has 2 unspecified atom stereocenters. The number of nitrogen functional groups attached to an aromatic ring is 1. The molecule has 0 saturated heterocycles. The molecule has 0 spiro atoms. The first-order valence-electron chi connectivity index (χ1n) is 6.95. The van der Waals surface area contributed by atoms with E-state index in [2.05, 4.69) is 17.1 Å². The van der Waals surface area contributed by atoms with Gasteiger partial charge in [-0.15, -0.1) is 0 Å². The predicted molar refractivity (Wildman–Crippen MR) is 76.5 cm³/mol. The van der Waals surface area contributed by atoms with Gasteiger partial charge < -0.3 is 15.0 Å². The van der Waals surface area contributed by atoms with Crippen LogP contribution in [-0.2, 0) is 0 Å². The van der Waals surface area contributed by atoms with Crippen LogP contribution in [0.3, 0.4) is 0 Å². The smallest absolute Gasteiger partial charge is 0.260 e. The number of nitrogens with zero attached hydrogens (tertiary/aromatic N) is 2. The molecule has 2 N–H and O–H groups in total. The number of aromatic nitrogens is 2. The van der Waals surface area contributed by atoms with Crippen molar-refractivity contribution in [2.45, 2.75) is 32.1 Å². The molecule has 3 rings (SSSR count). The van der Waals surface area contributed by atoms with E-state index in [4.69, 9.17) is 15.0 Å². The first-order valence-corrected chi connectivity index (χ1v) is 6.95. The lowest BCUT2D eigenvalue weighted by atomic mass is 10.1. The number of hydrogen-bond donors (Lipinski definition) is 1. The summed E-state index contributed by atoms with van der Waals surface area (Å²) in [5.74, 6) is 3.14. The Hall–Kier alpha value is -2.04. The van der Waals surface area contributed by atoms with Crippen LogP contribution in [0, 0.1) is 5.92 Å². The van der Waals surface area contributed by atoms with Crippen LogP contribution < -0.4 is 10.5 Å². The van der Waals surface area contributed by atoms with Gasteiger partial charge in [0.2, 0.25) is 0 Å². The van der Waals surface area contributed by atoms with Crippen molar-refractivity contribution >= 4 is 5.69 Å². The molecule has 1 aliphatic carbocycles. The standard InChI is InChI=1S/C15H19N3O2/c1-9-3-4-10(7-9)14-17-15(20-18-14)12-8-11(19-2)5-6-13(12)16/h5-6,8-10H,3-4,7,16H2,1-2H3. The monoisotopic (exact) mass is 273 g/mol. The SMILES string of the molecule is COc1ccc(N)c(-c2nc(C3CCC(C)C3)no2)c1. The van der Waals surface area contributed by atoms with Crippen LogP contribution in [0.25, 0.3) is 11.5 Å². The van der Waals surface area contributed by atoms with E-state index in [0.717, 1.165) is 35.9 Å². The van der Waals surface area contributed by atoms with E-state index in [1.54, 1.807) is 13.2 Å². The minimum absolute atomic E-state index is 0.411. The Balaban J connectivity index is 1.90. The van der Waals surface area contributed by atoms with E-state index < -0.39 is 0 Å². The predicted octanol–water partition coefficient (Wildman–Crippen LogP) is 3.23. The topological polar surface area (TPSA) is 74.2 Å². The van der Waals surface area contributed by atoms with Gasteiger partial charge in [-0.1, -0.05) is 12.1 Å². The summed E-state index contributed by atoms with van der Waals surface area (Å²) >= 11 is 0. The van der Waals surface area contributed by atoms with Gasteiger partial charge in [0.1, 0.15) is 5.75 Å². The van der Waals surface area contributed by atoms with E-state index in [-0.39, 0.29) is 0 Å². The second-order valence-electron chi connectivity index (χ2n) is 5.53. The maximum absolute atomic E-state index is 5.98. The number of benzene rings is 1. The van der Waals surface area contributed by atoms with Gasteiger partial charge >= 0.3 is 0 Å². The highest BCUT2D eigenvalue weighted by molar-refractivity contribution is 5.72. The highest BCUT2D eigenvalue weighted by atomic mass is 16.5. The van der Waals surface area contributed by atoms with E-state index in [1.165, 1.54) is 6.42 Å². The molecule has 2 atom stereocenters. The summed E-state index contributed by atoms with van der Waals surface area (Å²) in [5.41, 5.74) is 7.32. The van der Waals surface area contributed by atoms with Gasteiger partial charge in [-0.3, -0.25) is 0 Å². The molecular weight excluding hydrogens is 254 g/mol. The Morgan fingerprint density at radius 2 is 2.20 bits per heavy atom. The van der Waals surface area contributed by atoms with Gasteiger partial charge in [0.25, 0.3) is 5.89 Å². The van der Waals surface area contributed by atoms with Crippen molar-refractivity contribution in [2.75, 3.05) is 12.8 Å². The molecule has 1 aromatic heterocycles. The van der Waals surface area contributed by atoms with E-state index in [0.29, 0.717) is 17.5 Å². The Bertz CT molecular complexity index is 609. The molecule has 1 fully saturated rings. The zero-order valence-corrected chi connectivity index (χ0v) is 11.8. The summed E-state index contributed by atoms with van der Waals surface area (Å²) in [7, 11) is 1.62. The van der Waals surface area contributed by atoms with Crippen LogP contribution in [0.5, 0.6) is 5.75 Å². The molecule has 106 valence electrons. The van der Waals surface area contributed by atoms with Gasteiger partial charge in [-0.2, -0.15) is 4.98 Å². The number of ether oxygens (including phenoxy) is 1. The van der Waals surface area contributed by atoms with Crippen LogP contribution in [0.15, 0.2) is 22.7 Å². The average molecular weight is 273 g/mol. The summed E-state index contributed by atoms with van der Waals surface area (Å²) in [5, 5.41) is 4.12. The fraction of sp³-hybridized carbons (Fsp3) is 0.467. The Morgan fingerprint density at radius 1 is 1.35 bits per heavy atom. The maximum atomic E-state index is 5.98. The van der Waals surface area contributed by atoms with Crippen LogP contribution in [-0.4, -0.2) is 17.3 Å². The number of methoxy groups -OCH3 is 1. The third kappa shape index (κ3) is 2.35. The quantitative estimate of drug-likeness (QED) is 0.869. The molecule has 5 nitrogen and oxygen atoms in total. The molecule has 5 heteroatoms. The molecule has 0 bridgehead atoms. The fourth-order valence-corrected chi connectivity index (χ4v) is 2.80. The van der Waals surface area contributed by atoms with Crippen LogP contribution in [0.1, 0.15) is 37.9 Å². The number of hydrogen-bond acceptors (Lipinski definition) is 5. The lowest BCUT2D eigenvalue weighted by molar-refractivity contribution is 0.409. The van der Waals surface area contributed by atoms with Gasteiger partial charge in [0.05, 0.1) is 12.7 Å².